The van der Waals surface area contributed by atoms with Crippen molar-refractivity contribution in [1.29, 1.82) is 0 Å². The van der Waals surface area contributed by atoms with Gasteiger partial charge in [-0.15, -0.1) is 0 Å². The van der Waals surface area contributed by atoms with Crippen LogP contribution in [0.1, 0.15) is 91.4 Å². The Hall–Kier alpha value is -0.160. The summed E-state index contributed by atoms with van der Waals surface area (Å²) in [4.78, 5) is 0. The molecule has 0 aliphatic rings. The second kappa shape index (κ2) is 10.5. The van der Waals surface area contributed by atoms with Crippen molar-refractivity contribution in [2.24, 2.45) is 5.41 Å². The monoisotopic (exact) mass is 304 g/mol. The first-order valence-electron chi connectivity index (χ1n) is 8.66. The first-order valence-corrected chi connectivity index (χ1v) is 8.66. The highest BCUT2D eigenvalue weighted by molar-refractivity contribution is 4.81. The van der Waals surface area contributed by atoms with Crippen LogP contribution in [0.5, 0.6) is 0 Å². The number of unbranched alkanes of at least 4 members (excludes halogenated alkanes) is 3. The molecule has 0 bridgehead atoms. The Labute approximate surface area is 130 Å². The van der Waals surface area contributed by atoms with E-state index in [1.807, 2.05) is 0 Å². The smallest absolute Gasteiger partial charge is 0.302 e. The molecule has 1 unspecified atom stereocenters. The number of aliphatic hydroxyl groups excluding tert-OH is 1. The fourth-order valence-electron chi connectivity index (χ4n) is 3.04. The molecule has 0 radical (unpaired) electrons. The summed E-state index contributed by atoms with van der Waals surface area (Å²) in [7, 11) is 0. The third kappa shape index (κ3) is 8.77. The standard InChI is InChI=1S/C17H36O4/c1-4-7-11-16(12-8-5-2,13-9-6-3)14-10-15(18)17(19,20)21/h15,18-21H,4-14H2,1-3H3. The van der Waals surface area contributed by atoms with Crippen molar-refractivity contribution < 1.29 is 20.4 Å². The number of rotatable bonds is 13. The van der Waals surface area contributed by atoms with E-state index in [0.29, 0.717) is 0 Å². The molecule has 0 aromatic carbocycles. The molecule has 0 aliphatic heterocycles. The summed E-state index contributed by atoms with van der Waals surface area (Å²) >= 11 is 0. The van der Waals surface area contributed by atoms with Crippen molar-refractivity contribution in [3.8, 4) is 0 Å². The summed E-state index contributed by atoms with van der Waals surface area (Å²) in [6.45, 7) is 6.54. The van der Waals surface area contributed by atoms with E-state index >= 15 is 0 Å². The van der Waals surface area contributed by atoms with Gasteiger partial charge in [0.05, 0.1) is 0 Å². The van der Waals surface area contributed by atoms with Gasteiger partial charge in [0, 0.05) is 0 Å². The van der Waals surface area contributed by atoms with Crippen molar-refractivity contribution in [3.05, 3.63) is 0 Å². The highest BCUT2D eigenvalue weighted by atomic mass is 16.7. The van der Waals surface area contributed by atoms with E-state index in [9.17, 15) is 5.11 Å². The van der Waals surface area contributed by atoms with E-state index in [1.54, 1.807) is 0 Å². The third-order valence-electron chi connectivity index (χ3n) is 4.58. The molecule has 0 amide bonds. The van der Waals surface area contributed by atoms with Gasteiger partial charge in [-0.25, -0.2) is 0 Å². The Morgan fingerprint density at radius 2 is 1.10 bits per heavy atom. The Balaban J connectivity index is 4.77. The first kappa shape index (κ1) is 20.8. The van der Waals surface area contributed by atoms with E-state index in [-0.39, 0.29) is 11.8 Å². The van der Waals surface area contributed by atoms with Crippen molar-refractivity contribution in [2.45, 2.75) is 103 Å². The molecule has 21 heavy (non-hydrogen) atoms. The van der Waals surface area contributed by atoms with Gasteiger partial charge in [0.1, 0.15) is 6.10 Å². The van der Waals surface area contributed by atoms with E-state index in [0.717, 1.165) is 64.2 Å². The normalized spacial score (nSPS) is 14.4. The minimum atomic E-state index is -2.98. The maximum Gasteiger partial charge on any atom is 0.302 e. The first-order chi connectivity index (χ1) is 9.81. The van der Waals surface area contributed by atoms with E-state index < -0.39 is 12.1 Å². The lowest BCUT2D eigenvalue weighted by atomic mass is 9.71. The summed E-state index contributed by atoms with van der Waals surface area (Å²) < 4.78 is 0. The zero-order chi connectivity index (χ0) is 16.4. The van der Waals surface area contributed by atoms with E-state index in [1.165, 1.54) is 0 Å². The third-order valence-corrected chi connectivity index (χ3v) is 4.58. The fraction of sp³-hybridized carbons (Fsp3) is 1.00. The molecule has 0 fully saturated rings. The molecule has 0 spiro atoms. The molecular weight excluding hydrogens is 268 g/mol. The van der Waals surface area contributed by atoms with Gasteiger partial charge in [0.2, 0.25) is 0 Å². The van der Waals surface area contributed by atoms with Crippen LogP contribution in [-0.2, 0) is 0 Å². The number of hydrogen-bond acceptors (Lipinski definition) is 4. The van der Waals surface area contributed by atoms with Gasteiger partial charge in [0.15, 0.2) is 0 Å². The average Bonchev–Trinajstić information content (AvgIpc) is 2.44. The Morgan fingerprint density at radius 1 is 0.714 bits per heavy atom. The van der Waals surface area contributed by atoms with Crippen molar-refractivity contribution in [3.63, 3.8) is 0 Å². The van der Waals surface area contributed by atoms with Crippen LogP contribution < -0.4 is 0 Å². The molecule has 128 valence electrons. The van der Waals surface area contributed by atoms with Crippen LogP contribution in [0, 0.1) is 5.41 Å². The van der Waals surface area contributed by atoms with Gasteiger partial charge in [-0.1, -0.05) is 59.3 Å². The number of hydrogen-bond donors (Lipinski definition) is 4. The molecule has 0 rings (SSSR count). The SMILES string of the molecule is CCCCC(CCCC)(CCCC)CCC(O)C(O)(O)O. The maximum atomic E-state index is 9.68. The predicted molar refractivity (Wildman–Crippen MR) is 85.6 cm³/mol. The zero-order valence-corrected chi connectivity index (χ0v) is 14.1. The maximum absolute atomic E-state index is 9.68. The summed E-state index contributed by atoms with van der Waals surface area (Å²) in [5.74, 6) is -2.98. The Bertz CT molecular complexity index is 226. The summed E-state index contributed by atoms with van der Waals surface area (Å²) in [5.41, 5.74) is 0.161. The molecule has 4 N–H and O–H groups in total. The molecule has 0 saturated carbocycles. The second-order valence-electron chi connectivity index (χ2n) is 6.55. The quantitative estimate of drug-likeness (QED) is 0.393. The van der Waals surface area contributed by atoms with Gasteiger partial charge >= 0.3 is 5.97 Å². The van der Waals surface area contributed by atoms with Gasteiger partial charge in [-0.2, -0.15) is 0 Å². The molecular formula is C17H36O4. The predicted octanol–water partition coefficient (Wildman–Crippen LogP) is 3.32. The fourth-order valence-corrected chi connectivity index (χ4v) is 3.04. The molecule has 0 heterocycles. The molecule has 0 aromatic heterocycles. The van der Waals surface area contributed by atoms with E-state index in [4.69, 9.17) is 15.3 Å². The summed E-state index contributed by atoms with van der Waals surface area (Å²) in [5, 5.41) is 36.9. The van der Waals surface area contributed by atoms with Crippen molar-refractivity contribution in [2.75, 3.05) is 0 Å². The zero-order valence-electron chi connectivity index (χ0n) is 14.1. The van der Waals surface area contributed by atoms with Crippen LogP contribution >= 0.6 is 0 Å². The summed E-state index contributed by atoms with van der Waals surface area (Å²) in [6.07, 6.45) is 9.72. The van der Waals surface area contributed by atoms with Crippen LogP contribution in [-0.4, -0.2) is 32.5 Å². The van der Waals surface area contributed by atoms with Crippen LogP contribution in [0.15, 0.2) is 0 Å². The second-order valence-corrected chi connectivity index (χ2v) is 6.55. The van der Waals surface area contributed by atoms with Crippen LogP contribution in [0.4, 0.5) is 0 Å². The molecule has 0 saturated heterocycles. The topological polar surface area (TPSA) is 80.9 Å². The minimum absolute atomic E-state index is 0.161. The lowest BCUT2D eigenvalue weighted by molar-refractivity contribution is -0.356. The lowest BCUT2D eigenvalue weighted by Gasteiger charge is -2.36. The number of aliphatic hydroxyl groups is 4. The van der Waals surface area contributed by atoms with Crippen molar-refractivity contribution >= 4 is 0 Å². The lowest BCUT2D eigenvalue weighted by Crippen LogP contribution is -2.42. The highest BCUT2D eigenvalue weighted by Gasteiger charge is 2.34. The molecule has 1 atom stereocenters. The Kier molecular flexibility index (Phi) is 10.5. The van der Waals surface area contributed by atoms with Gasteiger partial charge in [-0.05, 0) is 37.5 Å². The molecule has 4 heteroatoms. The van der Waals surface area contributed by atoms with Crippen LogP contribution in [0.2, 0.25) is 0 Å². The van der Waals surface area contributed by atoms with Crippen LogP contribution in [0.25, 0.3) is 0 Å². The highest BCUT2D eigenvalue weighted by Crippen LogP contribution is 2.41. The van der Waals surface area contributed by atoms with Gasteiger partial charge < -0.3 is 20.4 Å². The van der Waals surface area contributed by atoms with Crippen LogP contribution in [0.3, 0.4) is 0 Å². The minimum Gasteiger partial charge on any atom is -0.385 e. The largest absolute Gasteiger partial charge is 0.385 e. The van der Waals surface area contributed by atoms with Gasteiger partial charge in [0.25, 0.3) is 0 Å². The molecule has 0 aromatic rings. The van der Waals surface area contributed by atoms with Gasteiger partial charge in [-0.3, -0.25) is 0 Å². The average molecular weight is 304 g/mol. The Morgan fingerprint density at radius 3 is 1.38 bits per heavy atom. The van der Waals surface area contributed by atoms with E-state index in [2.05, 4.69) is 20.8 Å². The molecule has 0 aliphatic carbocycles. The molecule has 4 nitrogen and oxygen atoms in total. The van der Waals surface area contributed by atoms with Crippen molar-refractivity contribution in [1.82, 2.24) is 0 Å². The summed E-state index contributed by atoms with van der Waals surface area (Å²) in [6, 6.07) is 0.